The lowest BCUT2D eigenvalue weighted by molar-refractivity contribution is -0.870. The molecule has 0 spiro atoms. The summed E-state index contributed by atoms with van der Waals surface area (Å²) in [6, 6.07) is -0.866. The number of likely N-dealkylation sites (N-methyl/N-ethyl adjacent to an activating group) is 1. The monoisotopic (exact) mass is 1210 g/mol. The fourth-order valence-electron chi connectivity index (χ4n) is 10.7. The number of unbranched alkanes of at least 4 members (excludes halogenated alkanes) is 42. The lowest BCUT2D eigenvalue weighted by Crippen LogP contribution is -2.45. The Hall–Kier alpha value is -2.32. The minimum atomic E-state index is -4.36. The molecule has 0 saturated heterocycles. The number of quaternary nitrogens is 1. The van der Waals surface area contributed by atoms with Crippen molar-refractivity contribution < 1.29 is 32.9 Å². The van der Waals surface area contributed by atoms with Crippen molar-refractivity contribution in [3.8, 4) is 0 Å². The number of phosphoric acid groups is 1. The number of aliphatic hydroxyl groups is 1. The molecule has 0 radical (unpaired) electrons. The summed E-state index contributed by atoms with van der Waals surface area (Å²) in [5, 5.41) is 14.0. The van der Waals surface area contributed by atoms with Crippen molar-refractivity contribution in [3.63, 3.8) is 0 Å². The molecule has 3 N–H and O–H groups in total. The standard InChI is InChI=1S/C76H141N2O6P/c1-6-8-10-12-14-16-18-20-22-24-26-28-30-32-33-34-35-36-37-38-39-40-41-42-43-44-45-46-48-50-52-54-56-58-60-62-64-66-68-70-76(80)77-74(73-84-85(81,82)83-72-71-78(3,4)5)75(79)69-67-65-63-61-59-57-55-53-51-49-47-31-29-27-25-23-21-19-17-15-13-11-9-7-2/h8,10,14,16,20,22,26,28,32-33,59,61,67,69,74-75,79H,6-7,9,11-13,15,17-19,21,23-25,27,29-31,34-58,60,62-66,68,70-73H2,1-5H3,(H-,77,80,81,82)/p+1/b10-8-,16-14-,22-20-,28-26-,33-32-,61-59+,69-67+. The molecule has 0 aromatic rings. The Balaban J connectivity index is 4.00. The molecule has 0 heterocycles. The van der Waals surface area contributed by atoms with E-state index in [1.165, 1.54) is 250 Å². The normalized spacial score (nSPS) is 14.1. The summed E-state index contributed by atoms with van der Waals surface area (Å²) < 4.78 is 23.8. The van der Waals surface area contributed by atoms with Crippen LogP contribution in [0.2, 0.25) is 0 Å². The molecule has 8 nitrogen and oxygen atoms in total. The molecule has 3 atom stereocenters. The van der Waals surface area contributed by atoms with Crippen LogP contribution in [-0.4, -0.2) is 73.4 Å². The van der Waals surface area contributed by atoms with Gasteiger partial charge in [-0.2, -0.15) is 0 Å². The van der Waals surface area contributed by atoms with Crippen molar-refractivity contribution in [1.29, 1.82) is 0 Å². The molecule has 0 saturated carbocycles. The van der Waals surface area contributed by atoms with Gasteiger partial charge in [0.15, 0.2) is 0 Å². The summed E-state index contributed by atoms with van der Waals surface area (Å²) in [6.07, 6.45) is 94.7. The van der Waals surface area contributed by atoms with Gasteiger partial charge in [-0.15, -0.1) is 0 Å². The largest absolute Gasteiger partial charge is 0.472 e. The first-order valence-corrected chi connectivity index (χ1v) is 38.0. The number of allylic oxidation sites excluding steroid dienone is 13. The quantitative estimate of drug-likeness (QED) is 0.0243. The Kier molecular flexibility index (Phi) is 64.3. The molecule has 496 valence electrons. The third-order valence-corrected chi connectivity index (χ3v) is 17.3. The highest BCUT2D eigenvalue weighted by Gasteiger charge is 2.28. The van der Waals surface area contributed by atoms with E-state index in [4.69, 9.17) is 9.05 Å². The van der Waals surface area contributed by atoms with Crippen LogP contribution in [0, 0.1) is 0 Å². The van der Waals surface area contributed by atoms with E-state index in [9.17, 15) is 19.4 Å². The summed E-state index contributed by atoms with van der Waals surface area (Å²) in [4.78, 5) is 23.4. The van der Waals surface area contributed by atoms with Crippen LogP contribution in [-0.2, 0) is 18.4 Å². The number of nitrogens with zero attached hydrogens (tertiary/aromatic N) is 1. The first-order valence-electron chi connectivity index (χ1n) is 36.5. The highest BCUT2D eigenvalue weighted by Crippen LogP contribution is 2.43. The fraction of sp³-hybridized carbons (Fsp3) is 0.803. The number of phosphoric ester groups is 1. The Morgan fingerprint density at radius 2 is 0.718 bits per heavy atom. The van der Waals surface area contributed by atoms with Crippen molar-refractivity contribution in [1.82, 2.24) is 5.32 Å². The molecule has 0 rings (SSSR count). The van der Waals surface area contributed by atoms with E-state index in [2.05, 4.69) is 92.1 Å². The average molecular weight is 1210 g/mol. The van der Waals surface area contributed by atoms with E-state index in [1.54, 1.807) is 6.08 Å². The number of carbonyl (C=O) groups is 1. The molecule has 85 heavy (non-hydrogen) atoms. The van der Waals surface area contributed by atoms with Crippen LogP contribution in [0.4, 0.5) is 0 Å². The van der Waals surface area contributed by atoms with Gasteiger partial charge in [-0.05, 0) is 77.0 Å². The Morgan fingerprint density at radius 3 is 1.08 bits per heavy atom. The van der Waals surface area contributed by atoms with Crippen LogP contribution in [0.3, 0.4) is 0 Å². The number of amides is 1. The first kappa shape index (κ1) is 82.7. The zero-order valence-corrected chi connectivity index (χ0v) is 57.7. The van der Waals surface area contributed by atoms with Crippen LogP contribution < -0.4 is 5.32 Å². The van der Waals surface area contributed by atoms with E-state index in [0.717, 1.165) is 70.6 Å². The molecule has 1 amide bonds. The fourth-order valence-corrected chi connectivity index (χ4v) is 11.5. The maximum Gasteiger partial charge on any atom is 0.472 e. The van der Waals surface area contributed by atoms with Crippen LogP contribution in [0.25, 0.3) is 0 Å². The molecule has 9 heteroatoms. The summed E-state index contributed by atoms with van der Waals surface area (Å²) in [5.41, 5.74) is 0. The van der Waals surface area contributed by atoms with Gasteiger partial charge in [0.1, 0.15) is 13.2 Å². The second-order valence-electron chi connectivity index (χ2n) is 25.9. The molecular formula is C76H142N2O6P+. The maximum atomic E-state index is 13.1. The minimum Gasteiger partial charge on any atom is -0.387 e. The number of nitrogens with one attached hydrogen (secondary N) is 1. The number of hydrogen-bond donors (Lipinski definition) is 3. The Labute approximate surface area is 528 Å². The molecule has 0 aliphatic heterocycles. The predicted molar refractivity (Wildman–Crippen MR) is 373 cm³/mol. The lowest BCUT2D eigenvalue weighted by Gasteiger charge is -2.25. The summed E-state index contributed by atoms with van der Waals surface area (Å²) in [5.74, 6) is -0.182. The van der Waals surface area contributed by atoms with Crippen molar-refractivity contribution in [2.75, 3.05) is 40.9 Å². The number of rotatable bonds is 67. The first-order chi connectivity index (χ1) is 41.5. The van der Waals surface area contributed by atoms with Crippen LogP contribution in [0.5, 0.6) is 0 Å². The summed E-state index contributed by atoms with van der Waals surface area (Å²) in [6.45, 7) is 4.72. The van der Waals surface area contributed by atoms with Gasteiger partial charge >= 0.3 is 7.82 Å². The smallest absolute Gasteiger partial charge is 0.387 e. The predicted octanol–water partition coefficient (Wildman–Crippen LogP) is 23.5. The molecule has 0 aromatic heterocycles. The van der Waals surface area contributed by atoms with Gasteiger partial charge in [-0.25, -0.2) is 4.57 Å². The Bertz CT molecular complexity index is 1660. The van der Waals surface area contributed by atoms with Crippen LogP contribution in [0.15, 0.2) is 85.1 Å². The zero-order valence-electron chi connectivity index (χ0n) is 56.8. The molecule has 0 aliphatic rings. The van der Waals surface area contributed by atoms with E-state index >= 15 is 0 Å². The SMILES string of the molecule is CC/C=C\C/C=C\C/C=C\C/C=C\C/C=C\CCCCCCCCCCCCCCCCCCCCCCCCCC(=O)NC(COP(=O)(O)OCC[N+](C)(C)C)C(O)/C=C/CC/C=C/CCCCCCCCCCCCCCCCCCCC. The topological polar surface area (TPSA) is 105 Å². The van der Waals surface area contributed by atoms with Crippen molar-refractivity contribution in [3.05, 3.63) is 85.1 Å². The minimum absolute atomic E-state index is 0.0560. The highest BCUT2D eigenvalue weighted by molar-refractivity contribution is 7.47. The lowest BCUT2D eigenvalue weighted by atomic mass is 10.0. The van der Waals surface area contributed by atoms with Crippen molar-refractivity contribution in [2.24, 2.45) is 0 Å². The molecule has 3 unspecified atom stereocenters. The van der Waals surface area contributed by atoms with E-state index in [-0.39, 0.29) is 19.1 Å². The zero-order chi connectivity index (χ0) is 61.9. The highest BCUT2D eigenvalue weighted by atomic mass is 31.2. The van der Waals surface area contributed by atoms with Crippen LogP contribution in [0.1, 0.15) is 341 Å². The number of aliphatic hydroxyl groups excluding tert-OH is 1. The molecule has 0 aromatic carbocycles. The van der Waals surface area contributed by atoms with E-state index in [0.29, 0.717) is 17.4 Å². The summed E-state index contributed by atoms with van der Waals surface area (Å²) in [7, 11) is 1.56. The maximum absolute atomic E-state index is 13.1. The van der Waals surface area contributed by atoms with Gasteiger partial charge in [0.2, 0.25) is 5.91 Å². The van der Waals surface area contributed by atoms with Crippen molar-refractivity contribution in [2.45, 2.75) is 353 Å². The number of carbonyl (C=O) groups excluding carboxylic acids is 1. The van der Waals surface area contributed by atoms with E-state index < -0.39 is 20.0 Å². The summed E-state index contributed by atoms with van der Waals surface area (Å²) >= 11 is 0. The molecule has 0 fully saturated rings. The van der Waals surface area contributed by atoms with Crippen molar-refractivity contribution >= 4 is 13.7 Å². The third-order valence-electron chi connectivity index (χ3n) is 16.3. The molecule has 0 aliphatic carbocycles. The van der Waals surface area contributed by atoms with Gasteiger partial charge in [0, 0.05) is 6.42 Å². The second-order valence-corrected chi connectivity index (χ2v) is 27.4. The van der Waals surface area contributed by atoms with Gasteiger partial charge < -0.3 is 19.8 Å². The molecular weight excluding hydrogens is 1070 g/mol. The van der Waals surface area contributed by atoms with Crippen LogP contribution >= 0.6 is 7.82 Å². The van der Waals surface area contributed by atoms with E-state index in [1.807, 2.05) is 27.2 Å². The molecule has 0 bridgehead atoms. The van der Waals surface area contributed by atoms with Gasteiger partial charge in [-0.3, -0.25) is 13.8 Å². The van der Waals surface area contributed by atoms with Gasteiger partial charge in [-0.1, -0.05) is 343 Å². The average Bonchev–Trinajstić information content (AvgIpc) is 3.49. The third kappa shape index (κ3) is 69.0. The van der Waals surface area contributed by atoms with Gasteiger partial charge in [0.05, 0.1) is 39.9 Å². The number of hydrogen-bond acceptors (Lipinski definition) is 5. The van der Waals surface area contributed by atoms with Gasteiger partial charge in [0.25, 0.3) is 0 Å². The second kappa shape index (κ2) is 66.1. The Morgan fingerprint density at radius 1 is 0.412 bits per heavy atom.